The number of nitrogens with zero attached hydrogens (tertiary/aromatic N) is 3. The first-order valence-electron chi connectivity index (χ1n) is 11.8. The van der Waals surface area contributed by atoms with Gasteiger partial charge in [0.05, 0.1) is 0 Å². The van der Waals surface area contributed by atoms with Crippen LogP contribution in [0.3, 0.4) is 0 Å². The summed E-state index contributed by atoms with van der Waals surface area (Å²) in [6.45, 7) is 9.27. The highest BCUT2D eigenvalue weighted by Gasteiger charge is 2.38. The predicted molar refractivity (Wildman–Crippen MR) is 126 cm³/mol. The quantitative estimate of drug-likeness (QED) is 0.652. The third-order valence-corrected chi connectivity index (χ3v) is 6.59. The Morgan fingerprint density at radius 1 is 0.914 bits per heavy atom. The first kappa shape index (κ1) is 25.0. The fraction of sp³-hybridized carbons (Fsp3) is 0.440. The number of anilines is 1. The van der Waals surface area contributed by atoms with Crippen LogP contribution in [-0.2, 0) is 31.0 Å². The van der Waals surface area contributed by atoms with Gasteiger partial charge in [-0.25, -0.2) is 4.79 Å². The van der Waals surface area contributed by atoms with E-state index in [0.717, 1.165) is 50.4 Å². The Morgan fingerprint density at radius 2 is 1.57 bits per heavy atom. The number of nitrogens with one attached hydrogen (secondary N) is 2. The molecule has 2 N–H and O–H groups in total. The highest BCUT2D eigenvalue weighted by atomic mass is 19.4. The molecule has 0 unspecified atom stereocenters. The Kier molecular flexibility index (Phi) is 7.61. The number of alkyl halides is 3. The third kappa shape index (κ3) is 6.32. The summed E-state index contributed by atoms with van der Waals surface area (Å²) in [6, 6.07) is 12.4. The van der Waals surface area contributed by atoms with Crippen molar-refractivity contribution in [3.63, 3.8) is 0 Å². The largest absolute Gasteiger partial charge is 0.471 e. The molecular formula is C25H30F3N5O2. The van der Waals surface area contributed by atoms with E-state index in [1.807, 2.05) is 23.5 Å². The van der Waals surface area contributed by atoms with Gasteiger partial charge in [0.25, 0.3) is 0 Å². The molecule has 4 rings (SSSR count). The van der Waals surface area contributed by atoms with E-state index in [9.17, 15) is 22.8 Å². The number of amides is 3. The van der Waals surface area contributed by atoms with E-state index >= 15 is 0 Å². The number of hydrogen-bond acceptors (Lipinski definition) is 4. The Labute approximate surface area is 202 Å². The normalized spacial score (nSPS) is 16.7. The van der Waals surface area contributed by atoms with Crippen LogP contribution < -0.4 is 10.6 Å². The highest BCUT2D eigenvalue weighted by molar-refractivity contribution is 5.95. The molecule has 7 nitrogen and oxygen atoms in total. The molecule has 0 spiro atoms. The molecule has 2 heterocycles. The number of fused-ring (bicyclic) bond motifs is 1. The van der Waals surface area contributed by atoms with E-state index in [2.05, 4.69) is 28.1 Å². The summed E-state index contributed by atoms with van der Waals surface area (Å²) in [4.78, 5) is 30.5. The lowest BCUT2D eigenvalue weighted by molar-refractivity contribution is -0.167. The maximum Gasteiger partial charge on any atom is 0.471 e. The zero-order valence-electron chi connectivity index (χ0n) is 19.7. The topological polar surface area (TPSA) is 67.9 Å². The van der Waals surface area contributed by atoms with Crippen LogP contribution in [0.1, 0.15) is 29.2 Å². The molecule has 1 fully saturated rings. The van der Waals surface area contributed by atoms with Gasteiger partial charge in [-0.2, -0.15) is 13.2 Å². The first-order chi connectivity index (χ1) is 16.7. The van der Waals surface area contributed by atoms with Crippen molar-refractivity contribution >= 4 is 17.6 Å². The number of halogens is 3. The van der Waals surface area contributed by atoms with E-state index in [1.54, 1.807) is 11.0 Å². The Bertz CT molecular complexity index is 1070. The van der Waals surface area contributed by atoms with Gasteiger partial charge in [0, 0.05) is 58.0 Å². The van der Waals surface area contributed by atoms with Crippen molar-refractivity contribution in [3.05, 3.63) is 64.7 Å². The lowest BCUT2D eigenvalue weighted by Gasteiger charge is -2.34. The summed E-state index contributed by atoms with van der Waals surface area (Å²) in [5.41, 5.74) is 3.87. The molecule has 0 aliphatic carbocycles. The number of urea groups is 1. The standard InChI is InChI=1S/C25H30F3N5O2/c1-2-31-9-11-32(12-10-31)15-19-6-4-3-5-18(19)14-29-24(35)33-16-20-7-8-22(13-21(20)17-33)30-23(34)25(26,27)28/h3-8,13H,2,9-12,14-17H2,1H3,(H,29,35)(H,30,34). The second-order valence-electron chi connectivity index (χ2n) is 8.93. The number of benzene rings is 2. The summed E-state index contributed by atoms with van der Waals surface area (Å²) in [6.07, 6.45) is -4.95. The van der Waals surface area contributed by atoms with Crippen molar-refractivity contribution in [2.24, 2.45) is 0 Å². The van der Waals surface area contributed by atoms with E-state index in [1.165, 1.54) is 17.7 Å². The SMILES string of the molecule is CCN1CCN(Cc2ccccc2CNC(=O)N2Cc3ccc(NC(=O)C(F)(F)F)cc3C2)CC1. The molecule has 2 aromatic carbocycles. The minimum atomic E-state index is -4.95. The van der Waals surface area contributed by atoms with Crippen LogP contribution in [0.4, 0.5) is 23.7 Å². The Hall–Kier alpha value is -3.11. The van der Waals surface area contributed by atoms with E-state index in [-0.39, 0.29) is 18.3 Å². The number of hydrogen-bond donors (Lipinski definition) is 2. The summed E-state index contributed by atoms with van der Waals surface area (Å²) < 4.78 is 37.5. The van der Waals surface area contributed by atoms with Crippen molar-refractivity contribution in [3.8, 4) is 0 Å². The lowest BCUT2D eigenvalue weighted by atomic mass is 10.1. The maximum absolute atomic E-state index is 12.8. The summed E-state index contributed by atoms with van der Waals surface area (Å²) in [7, 11) is 0. The van der Waals surface area contributed by atoms with Crippen molar-refractivity contribution < 1.29 is 22.8 Å². The molecule has 0 atom stereocenters. The van der Waals surface area contributed by atoms with Gasteiger partial charge in [0.1, 0.15) is 0 Å². The minimum absolute atomic E-state index is 0.0574. The molecule has 2 aliphatic heterocycles. The van der Waals surface area contributed by atoms with Gasteiger partial charge < -0.3 is 20.4 Å². The second-order valence-corrected chi connectivity index (χ2v) is 8.93. The highest BCUT2D eigenvalue weighted by Crippen LogP contribution is 2.27. The minimum Gasteiger partial charge on any atom is -0.334 e. The fourth-order valence-electron chi connectivity index (χ4n) is 4.49. The molecule has 10 heteroatoms. The van der Waals surface area contributed by atoms with Crippen molar-refractivity contribution in [2.45, 2.75) is 39.3 Å². The van der Waals surface area contributed by atoms with Crippen molar-refractivity contribution in [1.29, 1.82) is 0 Å². The molecule has 35 heavy (non-hydrogen) atoms. The first-order valence-corrected chi connectivity index (χ1v) is 11.8. The molecular weight excluding hydrogens is 459 g/mol. The molecule has 3 amide bonds. The van der Waals surface area contributed by atoms with Gasteiger partial charge in [-0.1, -0.05) is 37.3 Å². The van der Waals surface area contributed by atoms with Gasteiger partial charge in [0.2, 0.25) is 0 Å². The number of likely N-dealkylation sites (N-methyl/N-ethyl adjacent to an activating group) is 1. The van der Waals surface area contributed by atoms with Crippen LogP contribution in [0.15, 0.2) is 42.5 Å². The Morgan fingerprint density at radius 3 is 2.26 bits per heavy atom. The second kappa shape index (κ2) is 10.7. The molecule has 2 aromatic rings. The fourth-order valence-corrected chi connectivity index (χ4v) is 4.49. The predicted octanol–water partition coefficient (Wildman–Crippen LogP) is 3.55. The van der Waals surface area contributed by atoms with Gasteiger partial charge in [0.15, 0.2) is 0 Å². The lowest BCUT2D eigenvalue weighted by Crippen LogP contribution is -2.45. The molecule has 1 saturated heterocycles. The van der Waals surface area contributed by atoms with Crippen LogP contribution in [0.2, 0.25) is 0 Å². The molecule has 188 valence electrons. The van der Waals surface area contributed by atoms with Crippen molar-refractivity contribution in [1.82, 2.24) is 20.0 Å². The van der Waals surface area contributed by atoms with Crippen molar-refractivity contribution in [2.75, 3.05) is 38.0 Å². The van der Waals surface area contributed by atoms with Gasteiger partial charge in [-0.15, -0.1) is 0 Å². The molecule has 2 aliphatic rings. The van der Waals surface area contributed by atoms with Crippen LogP contribution >= 0.6 is 0 Å². The average molecular weight is 490 g/mol. The van der Waals surface area contributed by atoms with Crippen LogP contribution in [0.25, 0.3) is 0 Å². The zero-order chi connectivity index (χ0) is 25.0. The summed E-state index contributed by atoms with van der Waals surface area (Å²) in [5, 5.41) is 4.84. The average Bonchev–Trinajstić information content (AvgIpc) is 3.27. The smallest absolute Gasteiger partial charge is 0.334 e. The van der Waals surface area contributed by atoms with Gasteiger partial charge in [-0.05, 0) is 40.9 Å². The van der Waals surface area contributed by atoms with E-state index in [0.29, 0.717) is 18.7 Å². The van der Waals surface area contributed by atoms with Crippen LogP contribution in [-0.4, -0.2) is 65.5 Å². The molecule has 0 bridgehead atoms. The Balaban J connectivity index is 1.32. The van der Waals surface area contributed by atoms with Crippen LogP contribution in [0.5, 0.6) is 0 Å². The molecule has 0 radical (unpaired) electrons. The molecule has 0 saturated carbocycles. The van der Waals surface area contributed by atoms with Gasteiger partial charge in [-0.3, -0.25) is 9.69 Å². The summed E-state index contributed by atoms with van der Waals surface area (Å²) >= 11 is 0. The molecule has 0 aromatic heterocycles. The zero-order valence-corrected chi connectivity index (χ0v) is 19.7. The monoisotopic (exact) mass is 489 g/mol. The van der Waals surface area contributed by atoms with E-state index in [4.69, 9.17) is 0 Å². The number of piperazine rings is 1. The van der Waals surface area contributed by atoms with E-state index < -0.39 is 12.1 Å². The third-order valence-electron chi connectivity index (χ3n) is 6.59. The number of carbonyl (C=O) groups excluding carboxylic acids is 2. The van der Waals surface area contributed by atoms with Crippen LogP contribution in [0, 0.1) is 0 Å². The van der Waals surface area contributed by atoms with Gasteiger partial charge >= 0.3 is 18.1 Å². The number of carbonyl (C=O) groups is 2. The summed E-state index contributed by atoms with van der Waals surface area (Å²) in [5.74, 6) is -2.02. The maximum atomic E-state index is 12.8. The number of rotatable bonds is 6.